The van der Waals surface area contributed by atoms with Crippen molar-refractivity contribution in [1.82, 2.24) is 0 Å². The van der Waals surface area contributed by atoms with Crippen molar-refractivity contribution < 1.29 is 52.1 Å². The van der Waals surface area contributed by atoms with E-state index in [0.717, 1.165) is 27.8 Å². The molecule has 15 atom stereocenters. The van der Waals surface area contributed by atoms with Crippen LogP contribution in [0.1, 0.15) is 68.9 Å². The SMILES string of the molecule is CC1[C@H](O[C@@H]2C(COCc3ccccc3)O[C@@H](OCCCN=[N+]=[N-])C(C)[C@H]2O[C@@H]2OC(C)[C@@H](OCc3ccccc3)[C@H](OCc3ccccc3)C2OCc2ccccc2)OC(COCc2ccccc2)[C@H](C)[C@@H]1C. The second kappa shape index (κ2) is 28.8. The lowest BCUT2D eigenvalue weighted by atomic mass is 9.79. The first kappa shape index (κ1) is 55.2. The number of nitrogens with zero attached hydrogens (tertiary/aromatic N) is 3. The topological polar surface area (TPSA) is 150 Å². The lowest BCUT2D eigenvalue weighted by Gasteiger charge is -2.51. The first-order valence-electron chi connectivity index (χ1n) is 26.3. The van der Waals surface area contributed by atoms with Crippen molar-refractivity contribution in [3.05, 3.63) is 190 Å². The number of hydrogen-bond acceptors (Lipinski definition) is 12. The zero-order chi connectivity index (χ0) is 51.5. The van der Waals surface area contributed by atoms with Gasteiger partial charge in [0.15, 0.2) is 18.9 Å². The molecule has 0 saturated carbocycles. The van der Waals surface area contributed by atoms with Crippen LogP contribution in [0.15, 0.2) is 157 Å². The van der Waals surface area contributed by atoms with E-state index in [2.05, 4.69) is 42.9 Å². The maximum absolute atomic E-state index is 9.01. The first-order valence-corrected chi connectivity index (χ1v) is 26.3. The van der Waals surface area contributed by atoms with E-state index in [1.54, 1.807) is 0 Å². The monoisotopic (exact) mass is 1010 g/mol. The Morgan fingerprint density at radius 3 is 1.38 bits per heavy atom. The van der Waals surface area contributed by atoms with Crippen molar-refractivity contribution in [2.45, 2.75) is 142 Å². The van der Waals surface area contributed by atoms with Gasteiger partial charge in [-0.3, -0.25) is 0 Å². The zero-order valence-corrected chi connectivity index (χ0v) is 43.5. The van der Waals surface area contributed by atoms with Crippen LogP contribution in [0.4, 0.5) is 0 Å². The molecule has 6 unspecified atom stereocenters. The molecule has 0 aliphatic carbocycles. The molecule has 0 spiro atoms. The Morgan fingerprint density at radius 1 is 0.419 bits per heavy atom. The average Bonchev–Trinajstić information content (AvgIpc) is 3.43. The van der Waals surface area contributed by atoms with Crippen LogP contribution < -0.4 is 0 Å². The minimum atomic E-state index is -0.984. The van der Waals surface area contributed by atoms with Gasteiger partial charge < -0.3 is 52.1 Å². The minimum Gasteiger partial charge on any atom is -0.374 e. The molecule has 3 saturated heterocycles. The molecule has 14 nitrogen and oxygen atoms in total. The lowest BCUT2D eigenvalue weighted by molar-refractivity contribution is -0.379. The normalized spacial score (nSPS) is 30.1. The van der Waals surface area contributed by atoms with Gasteiger partial charge in [0.1, 0.15) is 30.5 Å². The molecule has 5 aromatic carbocycles. The molecule has 0 aromatic heterocycles. The van der Waals surface area contributed by atoms with Crippen molar-refractivity contribution in [3.63, 3.8) is 0 Å². The second-order valence-corrected chi connectivity index (χ2v) is 19.9. The van der Waals surface area contributed by atoms with Gasteiger partial charge in [0.2, 0.25) is 0 Å². The molecular formula is C60H75N3O11. The van der Waals surface area contributed by atoms with Crippen LogP contribution in [0.5, 0.6) is 0 Å². The van der Waals surface area contributed by atoms with Crippen molar-refractivity contribution >= 4 is 0 Å². The first-order chi connectivity index (χ1) is 36.2. The van der Waals surface area contributed by atoms with E-state index < -0.39 is 67.5 Å². The third-order valence-electron chi connectivity index (χ3n) is 14.6. The van der Waals surface area contributed by atoms with Gasteiger partial charge in [0.05, 0.1) is 64.6 Å². The number of rotatable bonds is 26. The Morgan fingerprint density at radius 2 is 0.865 bits per heavy atom. The fourth-order valence-corrected chi connectivity index (χ4v) is 9.97. The molecule has 74 heavy (non-hydrogen) atoms. The fraction of sp³-hybridized carbons (Fsp3) is 0.500. The highest BCUT2D eigenvalue weighted by Crippen LogP contribution is 2.41. The molecule has 3 fully saturated rings. The summed E-state index contributed by atoms with van der Waals surface area (Å²) in [7, 11) is 0. The maximum Gasteiger partial charge on any atom is 0.187 e. The number of ether oxygens (including phenoxy) is 11. The Bertz CT molecular complexity index is 2390. The molecule has 3 aliphatic heterocycles. The molecule has 0 radical (unpaired) electrons. The van der Waals surface area contributed by atoms with Crippen LogP contribution in [0.3, 0.4) is 0 Å². The van der Waals surface area contributed by atoms with Crippen molar-refractivity contribution in [2.24, 2.45) is 28.8 Å². The summed E-state index contributed by atoms with van der Waals surface area (Å²) >= 11 is 0. The summed E-state index contributed by atoms with van der Waals surface area (Å²) < 4.78 is 76.0. The number of azide groups is 1. The largest absolute Gasteiger partial charge is 0.374 e. The highest BCUT2D eigenvalue weighted by molar-refractivity contribution is 5.17. The predicted molar refractivity (Wildman–Crippen MR) is 280 cm³/mol. The summed E-state index contributed by atoms with van der Waals surface area (Å²) in [6.07, 6.45) is -6.84. The van der Waals surface area contributed by atoms with Gasteiger partial charge in [-0.05, 0) is 58.5 Å². The van der Waals surface area contributed by atoms with Crippen LogP contribution in [0.2, 0.25) is 0 Å². The van der Waals surface area contributed by atoms with E-state index in [1.807, 2.05) is 153 Å². The third-order valence-corrected chi connectivity index (χ3v) is 14.6. The maximum atomic E-state index is 9.01. The Kier molecular flexibility index (Phi) is 21.5. The van der Waals surface area contributed by atoms with Gasteiger partial charge in [-0.1, -0.05) is 184 Å². The summed E-state index contributed by atoms with van der Waals surface area (Å²) in [5, 5.41) is 3.74. The smallest absolute Gasteiger partial charge is 0.187 e. The Balaban J connectivity index is 1.13. The lowest BCUT2D eigenvalue weighted by Crippen LogP contribution is -2.64. The number of hydrogen-bond donors (Lipinski definition) is 0. The van der Waals surface area contributed by atoms with Crippen LogP contribution in [0.25, 0.3) is 10.4 Å². The van der Waals surface area contributed by atoms with Gasteiger partial charge in [-0.25, -0.2) is 0 Å². The summed E-state index contributed by atoms with van der Waals surface area (Å²) in [6, 6.07) is 50.4. The average molecular weight is 1010 g/mol. The van der Waals surface area contributed by atoms with Crippen molar-refractivity contribution in [2.75, 3.05) is 26.4 Å². The molecule has 5 aromatic rings. The van der Waals surface area contributed by atoms with E-state index in [0.29, 0.717) is 39.5 Å². The van der Waals surface area contributed by atoms with Gasteiger partial charge in [-0.2, -0.15) is 0 Å². The number of benzene rings is 5. The molecular weight excluding hydrogens is 939 g/mol. The summed E-state index contributed by atoms with van der Waals surface area (Å²) in [4.78, 5) is 2.94. The van der Waals surface area contributed by atoms with Crippen molar-refractivity contribution in [3.8, 4) is 0 Å². The molecule has 14 heteroatoms. The molecule has 0 bridgehead atoms. The standard InChI is InChI=1S/C60H75N3O11/c1-41-42(2)51(39-64-34-46-22-11-6-12-23-46)71-59(43(41)3)74-55-52(40-65-35-47-24-13-7-14-25-47)72-58(66-33-21-32-62-63-61)44(4)53(55)73-60-57(69-38-50-30-19-10-20-31-50)56(68-37-49-28-17-9-18-29-49)54(45(5)70-60)67-36-48-26-15-8-16-27-48/h6-20,22-31,41-45,51-60H,21,32-40H2,1-5H3/t41-,42+,43?,44?,45?,51?,52?,53+,54+,55+,56-,57?,58+,59-,60-/m0/s1. The quantitative estimate of drug-likeness (QED) is 0.0225. The Labute approximate surface area is 437 Å². The van der Waals surface area contributed by atoms with E-state index in [9.17, 15) is 0 Å². The third kappa shape index (κ3) is 15.5. The van der Waals surface area contributed by atoms with Crippen LogP contribution in [-0.2, 0) is 85.1 Å². The van der Waals surface area contributed by atoms with Crippen LogP contribution in [0, 0.1) is 23.7 Å². The molecule has 3 aliphatic rings. The van der Waals surface area contributed by atoms with E-state index in [4.69, 9.17) is 57.6 Å². The highest BCUT2D eigenvalue weighted by Gasteiger charge is 2.54. The molecule has 0 N–H and O–H groups in total. The van der Waals surface area contributed by atoms with Gasteiger partial charge in [-0.15, -0.1) is 0 Å². The fourth-order valence-electron chi connectivity index (χ4n) is 9.97. The van der Waals surface area contributed by atoms with Crippen LogP contribution in [-0.4, -0.2) is 94.1 Å². The zero-order valence-electron chi connectivity index (χ0n) is 43.5. The minimum absolute atomic E-state index is 0.0157. The Hall–Kier alpha value is -5.03. The van der Waals surface area contributed by atoms with Gasteiger partial charge in [0, 0.05) is 29.9 Å². The molecule has 0 amide bonds. The van der Waals surface area contributed by atoms with Gasteiger partial charge in [0.25, 0.3) is 0 Å². The van der Waals surface area contributed by atoms with Crippen molar-refractivity contribution in [1.29, 1.82) is 0 Å². The molecule has 3 heterocycles. The predicted octanol–water partition coefficient (Wildman–Crippen LogP) is 11.4. The van der Waals surface area contributed by atoms with E-state index in [-0.39, 0.29) is 50.2 Å². The van der Waals surface area contributed by atoms with Gasteiger partial charge >= 0.3 is 0 Å². The summed E-state index contributed by atoms with van der Waals surface area (Å²) in [5.74, 6) is -0.0478. The van der Waals surface area contributed by atoms with Crippen LogP contribution >= 0.6 is 0 Å². The summed E-state index contributed by atoms with van der Waals surface area (Å²) in [6.45, 7) is 13.5. The van der Waals surface area contributed by atoms with E-state index >= 15 is 0 Å². The summed E-state index contributed by atoms with van der Waals surface area (Å²) in [5.41, 5.74) is 14.1. The molecule has 396 valence electrons. The second-order valence-electron chi connectivity index (χ2n) is 19.9. The van der Waals surface area contributed by atoms with E-state index in [1.165, 1.54) is 0 Å². The molecule has 8 rings (SSSR count). The highest BCUT2D eigenvalue weighted by atomic mass is 16.8.